The second-order valence-electron chi connectivity index (χ2n) is 10.1. The fourth-order valence-electron chi connectivity index (χ4n) is 4.09. The van der Waals surface area contributed by atoms with Gasteiger partial charge in [0.1, 0.15) is 22.6 Å². The fraction of sp³-hybridized carbons (Fsp3) is 0.594. The predicted octanol–water partition coefficient (Wildman–Crippen LogP) is 6.64. The molecule has 0 unspecified atom stereocenters. The van der Waals surface area contributed by atoms with Gasteiger partial charge in [-0.25, -0.2) is 9.29 Å². The molecule has 0 aliphatic carbocycles. The van der Waals surface area contributed by atoms with Crippen molar-refractivity contribution in [2.75, 3.05) is 47.4 Å². The molecule has 0 saturated heterocycles. The van der Waals surface area contributed by atoms with Crippen LogP contribution in [0, 0.1) is 10.1 Å². The summed E-state index contributed by atoms with van der Waals surface area (Å²) in [6, 6.07) is 6.05. The van der Waals surface area contributed by atoms with Gasteiger partial charge in [0.25, 0.3) is 10.6 Å². The van der Waals surface area contributed by atoms with Crippen molar-refractivity contribution in [1.82, 2.24) is 23.7 Å². The number of hydrogen-bond donors (Lipinski definition) is 2. The van der Waals surface area contributed by atoms with E-state index in [9.17, 15) is 10.0 Å². The quantitative estimate of drug-likeness (QED) is 0.0631. The van der Waals surface area contributed by atoms with Crippen molar-refractivity contribution in [1.29, 1.82) is 0 Å². The SMILES string of the molecule is CC.CCC.CCCOc1ccc(SN(CC)CCN(C)C)cc1-c1nc2c(CCC)c(/C=N/O)n(C)c2c(=O)[nH]1.CO[N+](=O)[O-]. The molecule has 2 aromatic heterocycles. The van der Waals surface area contributed by atoms with Crippen molar-refractivity contribution in [3.8, 4) is 17.1 Å². The molecule has 0 aliphatic rings. The lowest BCUT2D eigenvalue weighted by Crippen LogP contribution is -2.26. The Morgan fingerprint density at radius 2 is 1.78 bits per heavy atom. The Morgan fingerprint density at radius 1 is 1.15 bits per heavy atom. The summed E-state index contributed by atoms with van der Waals surface area (Å²) in [7, 11) is 6.93. The van der Waals surface area contributed by atoms with Crippen molar-refractivity contribution in [2.24, 2.45) is 12.2 Å². The van der Waals surface area contributed by atoms with E-state index in [2.05, 4.69) is 79.0 Å². The molecule has 0 saturated carbocycles. The lowest BCUT2D eigenvalue weighted by molar-refractivity contribution is -0.749. The smallest absolute Gasteiger partial charge is 0.294 e. The molecule has 3 aromatic rings. The predicted molar refractivity (Wildman–Crippen MR) is 189 cm³/mol. The summed E-state index contributed by atoms with van der Waals surface area (Å²) < 4.78 is 10.1. The van der Waals surface area contributed by atoms with Gasteiger partial charge in [-0.15, -0.1) is 10.1 Å². The van der Waals surface area contributed by atoms with E-state index in [0.717, 1.165) is 55.6 Å². The highest BCUT2D eigenvalue weighted by Crippen LogP contribution is 2.34. The van der Waals surface area contributed by atoms with E-state index < -0.39 is 5.09 Å². The highest BCUT2D eigenvalue weighted by atomic mass is 32.2. The number of fused-ring (bicyclic) bond motifs is 1. The number of aromatic amines is 1. The largest absolute Gasteiger partial charge is 0.493 e. The molecule has 13 nitrogen and oxygen atoms in total. The number of nitrogens with one attached hydrogen (secondary N) is 1. The van der Waals surface area contributed by atoms with Crippen LogP contribution in [0.3, 0.4) is 0 Å². The number of benzene rings is 1. The van der Waals surface area contributed by atoms with Crippen LogP contribution >= 0.6 is 11.9 Å². The minimum Gasteiger partial charge on any atom is -0.493 e. The minimum absolute atomic E-state index is 0.242. The van der Waals surface area contributed by atoms with Crippen molar-refractivity contribution in [2.45, 2.75) is 79.0 Å². The molecule has 0 atom stereocenters. The second-order valence-corrected chi connectivity index (χ2v) is 11.2. The van der Waals surface area contributed by atoms with Gasteiger partial charge in [-0.05, 0) is 57.1 Å². The molecule has 260 valence electrons. The number of H-pyrrole nitrogens is 1. The Kier molecular flexibility index (Phi) is 21.8. The number of aromatic nitrogens is 3. The van der Waals surface area contributed by atoms with Gasteiger partial charge < -0.3 is 29.2 Å². The minimum atomic E-state index is -0.875. The van der Waals surface area contributed by atoms with Gasteiger partial charge >= 0.3 is 0 Å². The van der Waals surface area contributed by atoms with Crippen LogP contribution in [0.25, 0.3) is 22.4 Å². The molecule has 0 radical (unpaired) electrons. The van der Waals surface area contributed by atoms with Crippen LogP contribution in [0.15, 0.2) is 33.0 Å². The van der Waals surface area contributed by atoms with Crippen LogP contribution in [-0.4, -0.2) is 87.7 Å². The second kappa shape index (κ2) is 23.7. The van der Waals surface area contributed by atoms with Crippen LogP contribution < -0.4 is 10.3 Å². The third-order valence-electron chi connectivity index (χ3n) is 6.07. The van der Waals surface area contributed by atoms with Gasteiger partial charge in [-0.2, -0.15) is 0 Å². The molecule has 2 N–H and O–H groups in total. The number of ether oxygens (including phenoxy) is 1. The standard InChI is InChI=1S/C26H38N6O3S.C3H8.C2H6.CH3NO3/c1-7-10-19-21(17-27-34)31(6)24-23(19)28-25(29-26(24)33)20-16-18(11-12-22(20)35-15-8-2)36-32(9-3)14-13-30(4)5;1-3-2;1-2;1-5-2(3)4/h11-12,16-17,34H,7-10,13-15H2,1-6H3,(H,28,29,33);3H2,1-2H3;1-2H3;1H3/b27-17+;;;. The van der Waals surface area contributed by atoms with Gasteiger partial charge in [0.05, 0.1) is 31.2 Å². The molecule has 0 bridgehead atoms. The molecule has 0 fully saturated rings. The molecule has 2 heterocycles. The van der Waals surface area contributed by atoms with Gasteiger partial charge in [-0.3, -0.25) is 4.79 Å². The summed E-state index contributed by atoms with van der Waals surface area (Å²) in [5.41, 5.74) is 3.15. The first-order valence-electron chi connectivity index (χ1n) is 15.8. The van der Waals surface area contributed by atoms with E-state index in [1.54, 1.807) is 23.6 Å². The van der Waals surface area contributed by atoms with Gasteiger partial charge in [0.15, 0.2) is 0 Å². The highest BCUT2D eigenvalue weighted by molar-refractivity contribution is 7.97. The maximum Gasteiger partial charge on any atom is 0.294 e. The van der Waals surface area contributed by atoms with Crippen molar-refractivity contribution in [3.05, 3.63) is 49.9 Å². The molecule has 14 heteroatoms. The van der Waals surface area contributed by atoms with E-state index in [1.807, 2.05) is 26.0 Å². The average molecular weight is 666 g/mol. The molecular formula is C32H55N7O6S. The third-order valence-corrected chi connectivity index (χ3v) is 7.23. The topological polar surface area (TPSA) is 151 Å². The number of likely N-dealkylation sites (N-methyl/N-ethyl adjacent to an activating group) is 2. The number of hydrogen-bond acceptors (Lipinski definition) is 11. The molecule has 1 aromatic carbocycles. The monoisotopic (exact) mass is 665 g/mol. The Hall–Kier alpha value is -3.62. The Morgan fingerprint density at radius 3 is 2.28 bits per heavy atom. The van der Waals surface area contributed by atoms with Crippen molar-refractivity contribution < 1.29 is 19.9 Å². The summed E-state index contributed by atoms with van der Waals surface area (Å²) in [6.07, 6.45) is 5.06. The average Bonchev–Trinajstić information content (AvgIpc) is 3.30. The highest BCUT2D eigenvalue weighted by Gasteiger charge is 2.21. The maximum absolute atomic E-state index is 13.3. The van der Waals surface area contributed by atoms with Gasteiger partial charge in [0, 0.05) is 37.1 Å². The van der Waals surface area contributed by atoms with Crippen LogP contribution in [0.2, 0.25) is 0 Å². The number of nitrogens with zero attached hydrogens (tertiary/aromatic N) is 6. The molecule has 46 heavy (non-hydrogen) atoms. The van der Waals surface area contributed by atoms with Crippen molar-refractivity contribution in [3.63, 3.8) is 0 Å². The first-order valence-corrected chi connectivity index (χ1v) is 16.6. The number of aryl methyl sites for hydroxylation is 2. The summed E-state index contributed by atoms with van der Waals surface area (Å²) in [5, 5.41) is 20.5. The number of rotatable bonds is 14. The molecule has 0 amide bonds. The van der Waals surface area contributed by atoms with Crippen LogP contribution in [0.4, 0.5) is 0 Å². The summed E-state index contributed by atoms with van der Waals surface area (Å²) in [6.45, 7) is 17.9. The Bertz CT molecular complexity index is 1390. The van der Waals surface area contributed by atoms with E-state index in [0.29, 0.717) is 41.3 Å². The van der Waals surface area contributed by atoms with E-state index in [4.69, 9.17) is 19.8 Å². The Labute approximate surface area is 278 Å². The Balaban J connectivity index is 0.00000179. The zero-order valence-corrected chi connectivity index (χ0v) is 30.4. The zero-order valence-electron chi connectivity index (χ0n) is 29.5. The summed E-state index contributed by atoms with van der Waals surface area (Å²) in [5.74, 6) is 1.15. The first-order chi connectivity index (χ1) is 22.0. The summed E-state index contributed by atoms with van der Waals surface area (Å²) in [4.78, 5) is 36.8. The van der Waals surface area contributed by atoms with E-state index in [-0.39, 0.29) is 5.56 Å². The molecular weight excluding hydrogens is 610 g/mol. The third kappa shape index (κ3) is 13.4. The van der Waals surface area contributed by atoms with Crippen LogP contribution in [-0.2, 0) is 18.3 Å². The van der Waals surface area contributed by atoms with Crippen LogP contribution in [0.1, 0.15) is 79.0 Å². The van der Waals surface area contributed by atoms with Crippen LogP contribution in [0.5, 0.6) is 5.75 Å². The summed E-state index contributed by atoms with van der Waals surface area (Å²) >= 11 is 1.69. The molecule has 0 aliphatic heterocycles. The zero-order chi connectivity index (χ0) is 35.2. The van der Waals surface area contributed by atoms with Gasteiger partial charge in [0.2, 0.25) is 0 Å². The fourth-order valence-corrected chi connectivity index (χ4v) is 4.99. The first kappa shape index (κ1) is 42.4. The van der Waals surface area contributed by atoms with E-state index >= 15 is 0 Å². The molecule has 3 rings (SSSR count). The number of oxime groups is 1. The maximum atomic E-state index is 13.3. The lowest BCUT2D eigenvalue weighted by atomic mass is 10.1. The van der Waals surface area contributed by atoms with E-state index in [1.165, 1.54) is 12.6 Å². The normalized spacial score (nSPS) is 10.6. The van der Waals surface area contributed by atoms with Gasteiger partial charge in [-0.1, -0.05) is 66.5 Å². The lowest BCUT2D eigenvalue weighted by Gasteiger charge is -2.22. The van der Waals surface area contributed by atoms with Crippen molar-refractivity contribution >= 4 is 29.2 Å². The molecule has 0 spiro atoms.